The molecule has 0 spiro atoms. The topological polar surface area (TPSA) is 35.6 Å². The Bertz CT molecular complexity index is 524. The highest BCUT2D eigenvalue weighted by Gasteiger charge is 2.17. The zero-order valence-corrected chi connectivity index (χ0v) is 11.6. The van der Waals surface area contributed by atoms with E-state index in [-0.39, 0.29) is 0 Å². The van der Waals surface area contributed by atoms with Crippen molar-refractivity contribution in [2.24, 2.45) is 13.0 Å². The standard InChI is InChI=1S/C12H19ClN4/c1-8(2)7-17-10(5-6-13)14-11-9(3)15-16(4)12(11)17/h8H,5-7H2,1-4H3. The van der Waals surface area contributed by atoms with E-state index in [2.05, 4.69) is 28.5 Å². The van der Waals surface area contributed by atoms with Crippen molar-refractivity contribution in [3.63, 3.8) is 0 Å². The number of hydrogen-bond acceptors (Lipinski definition) is 2. The van der Waals surface area contributed by atoms with Crippen molar-refractivity contribution < 1.29 is 0 Å². The lowest BCUT2D eigenvalue weighted by Crippen LogP contribution is -2.11. The summed E-state index contributed by atoms with van der Waals surface area (Å²) in [5.41, 5.74) is 3.10. The second kappa shape index (κ2) is 4.69. The van der Waals surface area contributed by atoms with Crippen LogP contribution in [0.15, 0.2) is 0 Å². The van der Waals surface area contributed by atoms with Crippen LogP contribution in [-0.4, -0.2) is 25.2 Å². The lowest BCUT2D eigenvalue weighted by atomic mass is 10.2. The highest BCUT2D eigenvalue weighted by molar-refractivity contribution is 6.17. The molecule has 0 radical (unpaired) electrons. The molecular formula is C12H19ClN4. The Hall–Kier alpha value is -1.03. The first-order valence-electron chi connectivity index (χ1n) is 5.99. The SMILES string of the molecule is Cc1nn(C)c2c1nc(CCCl)n2CC(C)C. The number of imidazole rings is 1. The van der Waals surface area contributed by atoms with Gasteiger partial charge in [0, 0.05) is 25.9 Å². The van der Waals surface area contributed by atoms with Crippen LogP contribution in [0.2, 0.25) is 0 Å². The molecule has 0 bridgehead atoms. The number of alkyl halides is 1. The van der Waals surface area contributed by atoms with Crippen molar-refractivity contribution >= 4 is 22.8 Å². The van der Waals surface area contributed by atoms with Gasteiger partial charge in [-0.2, -0.15) is 5.10 Å². The lowest BCUT2D eigenvalue weighted by Gasteiger charge is -2.11. The zero-order chi connectivity index (χ0) is 12.6. The zero-order valence-electron chi connectivity index (χ0n) is 10.9. The maximum absolute atomic E-state index is 5.84. The molecule has 2 heterocycles. The Morgan fingerprint density at radius 1 is 1.35 bits per heavy atom. The van der Waals surface area contributed by atoms with Gasteiger partial charge in [0.05, 0.1) is 5.69 Å². The van der Waals surface area contributed by atoms with Crippen molar-refractivity contribution in [1.29, 1.82) is 0 Å². The van der Waals surface area contributed by atoms with Crippen LogP contribution in [0, 0.1) is 12.8 Å². The average Bonchev–Trinajstić information content (AvgIpc) is 2.69. The summed E-state index contributed by atoms with van der Waals surface area (Å²) in [6, 6.07) is 0. The largest absolute Gasteiger partial charge is 0.313 e. The minimum atomic E-state index is 0.580. The van der Waals surface area contributed by atoms with E-state index in [1.807, 2.05) is 18.7 Å². The highest BCUT2D eigenvalue weighted by Crippen LogP contribution is 2.20. The van der Waals surface area contributed by atoms with E-state index < -0.39 is 0 Å². The molecule has 2 aromatic rings. The van der Waals surface area contributed by atoms with Gasteiger partial charge in [-0.1, -0.05) is 13.8 Å². The van der Waals surface area contributed by atoms with Gasteiger partial charge in [-0.25, -0.2) is 4.98 Å². The summed E-state index contributed by atoms with van der Waals surface area (Å²) in [7, 11) is 1.97. The smallest absolute Gasteiger partial charge is 0.158 e. The van der Waals surface area contributed by atoms with Gasteiger partial charge in [-0.05, 0) is 12.8 Å². The van der Waals surface area contributed by atoms with Crippen molar-refractivity contribution in [3.05, 3.63) is 11.5 Å². The molecule has 4 nitrogen and oxygen atoms in total. The van der Waals surface area contributed by atoms with Gasteiger partial charge in [-0.15, -0.1) is 11.6 Å². The minimum absolute atomic E-state index is 0.580. The molecule has 2 rings (SSSR count). The number of rotatable bonds is 4. The molecule has 0 unspecified atom stereocenters. The molecule has 0 saturated heterocycles. The van der Waals surface area contributed by atoms with Crippen LogP contribution in [0.25, 0.3) is 11.2 Å². The Morgan fingerprint density at radius 2 is 2.06 bits per heavy atom. The molecule has 0 N–H and O–H groups in total. The fourth-order valence-corrected chi connectivity index (χ4v) is 2.38. The molecule has 0 aromatic carbocycles. The first-order valence-corrected chi connectivity index (χ1v) is 6.52. The Morgan fingerprint density at radius 3 is 2.65 bits per heavy atom. The summed E-state index contributed by atoms with van der Waals surface area (Å²) in [6.07, 6.45) is 0.808. The normalized spacial score (nSPS) is 11.9. The number of hydrogen-bond donors (Lipinski definition) is 0. The molecule has 94 valence electrons. The number of halogens is 1. The molecule has 0 aliphatic heterocycles. The van der Waals surface area contributed by atoms with Gasteiger partial charge in [0.25, 0.3) is 0 Å². The Balaban J connectivity index is 2.60. The molecule has 0 aliphatic carbocycles. The van der Waals surface area contributed by atoms with E-state index in [0.717, 1.165) is 35.6 Å². The maximum Gasteiger partial charge on any atom is 0.158 e. The molecule has 17 heavy (non-hydrogen) atoms. The van der Waals surface area contributed by atoms with Crippen LogP contribution >= 0.6 is 11.6 Å². The van der Waals surface area contributed by atoms with Gasteiger partial charge < -0.3 is 4.57 Å². The van der Waals surface area contributed by atoms with Crippen molar-refractivity contribution in [3.8, 4) is 0 Å². The van der Waals surface area contributed by atoms with Crippen molar-refractivity contribution in [1.82, 2.24) is 19.3 Å². The van der Waals surface area contributed by atoms with Crippen LogP contribution in [0.5, 0.6) is 0 Å². The van der Waals surface area contributed by atoms with E-state index in [1.165, 1.54) is 0 Å². The highest BCUT2D eigenvalue weighted by atomic mass is 35.5. The number of aromatic nitrogens is 4. The minimum Gasteiger partial charge on any atom is -0.313 e. The predicted octanol–water partition coefficient (Wildman–Crippen LogP) is 2.52. The van der Waals surface area contributed by atoms with E-state index in [0.29, 0.717) is 11.8 Å². The Labute approximate surface area is 107 Å². The molecule has 5 heteroatoms. The van der Waals surface area contributed by atoms with E-state index >= 15 is 0 Å². The van der Waals surface area contributed by atoms with Gasteiger partial charge in [0.1, 0.15) is 11.3 Å². The van der Waals surface area contributed by atoms with Crippen LogP contribution in [0.3, 0.4) is 0 Å². The monoisotopic (exact) mass is 254 g/mol. The maximum atomic E-state index is 5.84. The third kappa shape index (κ3) is 2.18. The molecule has 0 aliphatic rings. The third-order valence-electron chi connectivity index (χ3n) is 2.83. The van der Waals surface area contributed by atoms with Crippen LogP contribution in [0.1, 0.15) is 25.4 Å². The number of fused-ring (bicyclic) bond motifs is 1. The molecule has 0 saturated carbocycles. The van der Waals surface area contributed by atoms with Crippen molar-refractivity contribution in [2.75, 3.05) is 5.88 Å². The van der Waals surface area contributed by atoms with E-state index in [1.54, 1.807) is 0 Å². The summed E-state index contributed by atoms with van der Waals surface area (Å²) in [4.78, 5) is 4.67. The third-order valence-corrected chi connectivity index (χ3v) is 3.02. The molecule has 0 fully saturated rings. The van der Waals surface area contributed by atoms with E-state index in [9.17, 15) is 0 Å². The first kappa shape index (κ1) is 12.4. The summed E-state index contributed by atoms with van der Waals surface area (Å²) in [6.45, 7) is 7.38. The fraction of sp³-hybridized carbons (Fsp3) is 0.667. The van der Waals surface area contributed by atoms with Crippen LogP contribution < -0.4 is 0 Å². The fourth-order valence-electron chi connectivity index (χ4n) is 2.21. The molecule has 0 atom stereocenters. The Kier molecular flexibility index (Phi) is 3.43. The van der Waals surface area contributed by atoms with Crippen molar-refractivity contribution in [2.45, 2.75) is 33.7 Å². The van der Waals surface area contributed by atoms with Crippen LogP contribution in [0.4, 0.5) is 0 Å². The first-order chi connectivity index (χ1) is 8.04. The summed E-state index contributed by atoms with van der Waals surface area (Å²) < 4.78 is 4.17. The molecule has 0 amide bonds. The number of nitrogens with zero attached hydrogens (tertiary/aromatic N) is 4. The summed E-state index contributed by atoms with van der Waals surface area (Å²) in [5, 5.41) is 4.42. The van der Waals surface area contributed by atoms with Gasteiger partial charge in [0.2, 0.25) is 0 Å². The van der Waals surface area contributed by atoms with Crippen LogP contribution in [-0.2, 0) is 20.0 Å². The quantitative estimate of drug-likeness (QED) is 0.786. The lowest BCUT2D eigenvalue weighted by molar-refractivity contribution is 0.510. The summed E-state index contributed by atoms with van der Waals surface area (Å²) in [5.74, 6) is 2.25. The second-order valence-electron chi connectivity index (χ2n) is 4.85. The van der Waals surface area contributed by atoms with E-state index in [4.69, 9.17) is 11.6 Å². The second-order valence-corrected chi connectivity index (χ2v) is 5.23. The van der Waals surface area contributed by atoms with Gasteiger partial charge >= 0.3 is 0 Å². The number of aryl methyl sites for hydroxylation is 3. The average molecular weight is 255 g/mol. The molecular weight excluding hydrogens is 236 g/mol. The van der Waals surface area contributed by atoms with Gasteiger partial charge in [0.15, 0.2) is 5.65 Å². The molecule has 2 aromatic heterocycles. The van der Waals surface area contributed by atoms with Gasteiger partial charge in [-0.3, -0.25) is 4.68 Å². The predicted molar refractivity (Wildman–Crippen MR) is 70.5 cm³/mol. The summed E-state index contributed by atoms with van der Waals surface area (Å²) >= 11 is 5.84.